The molecule has 0 N–H and O–H groups in total. The molecule has 0 aliphatic carbocycles. The molecule has 1 atom stereocenters. The predicted octanol–water partition coefficient (Wildman–Crippen LogP) is 2.90. The molecule has 3 aliphatic heterocycles. The minimum Gasteiger partial charge on any atom is -0.380 e. The number of nitrogens with zero attached hydrogens (tertiary/aromatic N) is 2. The summed E-state index contributed by atoms with van der Waals surface area (Å²) in [5, 5.41) is 0. The van der Waals surface area contributed by atoms with Gasteiger partial charge in [0.05, 0.1) is 6.61 Å². The van der Waals surface area contributed by atoms with Crippen molar-refractivity contribution in [3.05, 3.63) is 35.6 Å². The van der Waals surface area contributed by atoms with E-state index in [1.165, 1.54) is 44.8 Å². The first-order chi connectivity index (χ1) is 11.2. The SMILES string of the molecule is Fc1cccc(CN2CCC3(CC2)CCN([C@H]2CCOC2)C3)c1. The number of ether oxygens (including phenoxy) is 1. The molecule has 23 heavy (non-hydrogen) atoms. The lowest BCUT2D eigenvalue weighted by Crippen LogP contribution is -2.42. The van der Waals surface area contributed by atoms with E-state index in [1.54, 1.807) is 6.07 Å². The summed E-state index contributed by atoms with van der Waals surface area (Å²) in [5.74, 6) is -0.124. The van der Waals surface area contributed by atoms with E-state index >= 15 is 0 Å². The zero-order valence-corrected chi connectivity index (χ0v) is 13.8. The van der Waals surface area contributed by atoms with Crippen molar-refractivity contribution in [2.75, 3.05) is 39.4 Å². The van der Waals surface area contributed by atoms with Gasteiger partial charge in [0.1, 0.15) is 5.82 Å². The molecule has 0 unspecified atom stereocenters. The van der Waals surface area contributed by atoms with Crippen molar-refractivity contribution in [3.8, 4) is 0 Å². The van der Waals surface area contributed by atoms with Crippen LogP contribution >= 0.6 is 0 Å². The van der Waals surface area contributed by atoms with Crippen LogP contribution < -0.4 is 0 Å². The van der Waals surface area contributed by atoms with Gasteiger partial charge < -0.3 is 4.74 Å². The van der Waals surface area contributed by atoms with Crippen LogP contribution in [0.4, 0.5) is 4.39 Å². The van der Waals surface area contributed by atoms with Crippen molar-refractivity contribution < 1.29 is 9.13 Å². The van der Waals surface area contributed by atoms with E-state index in [0.29, 0.717) is 11.5 Å². The van der Waals surface area contributed by atoms with Crippen molar-refractivity contribution in [2.45, 2.75) is 38.3 Å². The molecule has 3 nitrogen and oxygen atoms in total. The van der Waals surface area contributed by atoms with Crippen LogP contribution in [0.25, 0.3) is 0 Å². The Morgan fingerprint density at radius 1 is 1.17 bits per heavy atom. The van der Waals surface area contributed by atoms with E-state index in [4.69, 9.17) is 4.74 Å². The Morgan fingerprint density at radius 2 is 2.00 bits per heavy atom. The second-order valence-electron chi connectivity index (χ2n) is 7.64. The van der Waals surface area contributed by atoms with Crippen LogP contribution in [-0.2, 0) is 11.3 Å². The van der Waals surface area contributed by atoms with Crippen LogP contribution in [0.2, 0.25) is 0 Å². The van der Waals surface area contributed by atoms with Gasteiger partial charge in [0.15, 0.2) is 0 Å². The number of rotatable bonds is 3. The van der Waals surface area contributed by atoms with Crippen molar-refractivity contribution in [1.82, 2.24) is 9.80 Å². The van der Waals surface area contributed by atoms with Gasteiger partial charge in [-0.15, -0.1) is 0 Å². The van der Waals surface area contributed by atoms with Crippen molar-refractivity contribution in [2.24, 2.45) is 5.41 Å². The number of likely N-dealkylation sites (tertiary alicyclic amines) is 2. The van der Waals surface area contributed by atoms with Crippen LogP contribution in [0.3, 0.4) is 0 Å². The van der Waals surface area contributed by atoms with Gasteiger partial charge in [-0.1, -0.05) is 12.1 Å². The summed E-state index contributed by atoms with van der Waals surface area (Å²) in [7, 11) is 0. The number of benzene rings is 1. The molecular weight excluding hydrogens is 291 g/mol. The third-order valence-electron chi connectivity index (χ3n) is 6.10. The van der Waals surface area contributed by atoms with Crippen molar-refractivity contribution >= 4 is 0 Å². The largest absolute Gasteiger partial charge is 0.380 e. The summed E-state index contributed by atoms with van der Waals surface area (Å²) in [6, 6.07) is 7.70. The van der Waals surface area contributed by atoms with Crippen LogP contribution in [0.15, 0.2) is 24.3 Å². The molecule has 0 aromatic heterocycles. The van der Waals surface area contributed by atoms with E-state index in [9.17, 15) is 4.39 Å². The fourth-order valence-corrected chi connectivity index (χ4v) is 4.58. The molecule has 0 bridgehead atoms. The van der Waals surface area contributed by atoms with Gasteiger partial charge in [-0.05, 0) is 68.4 Å². The van der Waals surface area contributed by atoms with Gasteiger partial charge in [0, 0.05) is 25.7 Å². The highest BCUT2D eigenvalue weighted by atomic mass is 19.1. The van der Waals surface area contributed by atoms with E-state index in [-0.39, 0.29) is 5.82 Å². The molecule has 3 fully saturated rings. The van der Waals surface area contributed by atoms with Gasteiger partial charge in [-0.3, -0.25) is 9.80 Å². The fourth-order valence-electron chi connectivity index (χ4n) is 4.58. The molecule has 3 aliphatic rings. The van der Waals surface area contributed by atoms with Crippen LogP contribution in [-0.4, -0.2) is 55.2 Å². The lowest BCUT2D eigenvalue weighted by atomic mass is 9.77. The first-order valence-electron chi connectivity index (χ1n) is 9.01. The van der Waals surface area contributed by atoms with Crippen LogP contribution in [0, 0.1) is 11.2 Å². The molecule has 1 aromatic rings. The summed E-state index contributed by atoms with van der Waals surface area (Å²) in [6.07, 6.45) is 5.12. The normalized spacial score (nSPS) is 28.7. The molecule has 1 spiro atoms. The Balaban J connectivity index is 1.30. The molecule has 0 radical (unpaired) electrons. The maximum atomic E-state index is 13.3. The fraction of sp³-hybridized carbons (Fsp3) is 0.684. The second-order valence-corrected chi connectivity index (χ2v) is 7.64. The van der Waals surface area contributed by atoms with Crippen LogP contribution in [0.1, 0.15) is 31.2 Å². The molecule has 1 aromatic carbocycles. The lowest BCUT2D eigenvalue weighted by Gasteiger charge is -2.40. The number of halogens is 1. The van der Waals surface area contributed by atoms with Crippen molar-refractivity contribution in [1.29, 1.82) is 0 Å². The third-order valence-corrected chi connectivity index (χ3v) is 6.10. The van der Waals surface area contributed by atoms with E-state index in [0.717, 1.165) is 38.4 Å². The van der Waals surface area contributed by atoms with Gasteiger partial charge in [-0.25, -0.2) is 4.39 Å². The number of hydrogen-bond acceptors (Lipinski definition) is 3. The smallest absolute Gasteiger partial charge is 0.123 e. The van der Waals surface area contributed by atoms with Gasteiger partial charge >= 0.3 is 0 Å². The van der Waals surface area contributed by atoms with E-state index in [1.807, 2.05) is 12.1 Å². The minimum absolute atomic E-state index is 0.124. The monoisotopic (exact) mass is 318 g/mol. The average molecular weight is 318 g/mol. The molecule has 0 saturated carbocycles. The zero-order chi connectivity index (χ0) is 15.7. The Kier molecular flexibility index (Phi) is 4.39. The first kappa shape index (κ1) is 15.6. The van der Waals surface area contributed by atoms with Crippen molar-refractivity contribution in [3.63, 3.8) is 0 Å². The first-order valence-corrected chi connectivity index (χ1v) is 9.01. The topological polar surface area (TPSA) is 15.7 Å². The predicted molar refractivity (Wildman–Crippen MR) is 88.8 cm³/mol. The number of hydrogen-bond donors (Lipinski definition) is 0. The summed E-state index contributed by atoms with van der Waals surface area (Å²) in [4.78, 5) is 5.16. The molecule has 4 heteroatoms. The van der Waals surface area contributed by atoms with Crippen LogP contribution in [0.5, 0.6) is 0 Å². The molecule has 4 rings (SSSR count). The molecule has 3 saturated heterocycles. The molecule has 3 heterocycles. The summed E-state index contributed by atoms with van der Waals surface area (Å²) >= 11 is 0. The highest BCUT2D eigenvalue weighted by Gasteiger charge is 2.42. The maximum absolute atomic E-state index is 13.3. The summed E-state index contributed by atoms with van der Waals surface area (Å²) in [6.45, 7) is 7.55. The average Bonchev–Trinajstić information content (AvgIpc) is 3.20. The summed E-state index contributed by atoms with van der Waals surface area (Å²) < 4.78 is 18.9. The molecule has 0 amide bonds. The second kappa shape index (κ2) is 6.50. The third kappa shape index (κ3) is 3.44. The highest BCUT2D eigenvalue weighted by Crippen LogP contribution is 2.41. The molecule has 126 valence electrons. The quantitative estimate of drug-likeness (QED) is 0.852. The lowest BCUT2D eigenvalue weighted by molar-refractivity contribution is 0.0924. The summed E-state index contributed by atoms with van der Waals surface area (Å²) in [5.41, 5.74) is 1.62. The number of piperidine rings is 1. The maximum Gasteiger partial charge on any atom is 0.123 e. The Bertz CT molecular complexity index is 536. The Morgan fingerprint density at radius 3 is 2.74 bits per heavy atom. The van der Waals surface area contributed by atoms with Gasteiger partial charge in [-0.2, -0.15) is 0 Å². The molecular formula is C19H27FN2O. The minimum atomic E-state index is -0.124. The van der Waals surface area contributed by atoms with Gasteiger partial charge in [0.2, 0.25) is 0 Å². The van der Waals surface area contributed by atoms with E-state index in [2.05, 4.69) is 9.80 Å². The Labute approximate surface area is 138 Å². The highest BCUT2D eigenvalue weighted by molar-refractivity contribution is 5.16. The van der Waals surface area contributed by atoms with E-state index < -0.39 is 0 Å². The Hall–Kier alpha value is -0.970. The van der Waals surface area contributed by atoms with Gasteiger partial charge in [0.25, 0.3) is 0 Å². The zero-order valence-electron chi connectivity index (χ0n) is 13.8. The standard InChI is InChI=1S/C19H27FN2O/c20-17-3-1-2-16(12-17)13-21-8-5-19(6-9-21)7-10-22(15-19)18-4-11-23-14-18/h1-3,12,18H,4-11,13-15H2/t18-/m0/s1.